The van der Waals surface area contributed by atoms with Crippen LogP contribution >= 0.6 is 23.8 Å². The third-order valence-corrected chi connectivity index (χ3v) is 6.77. The predicted molar refractivity (Wildman–Crippen MR) is 127 cm³/mol. The van der Waals surface area contributed by atoms with E-state index in [0.29, 0.717) is 5.11 Å². The van der Waals surface area contributed by atoms with Crippen molar-refractivity contribution in [2.45, 2.75) is 50.5 Å². The Hall–Kier alpha value is -2.11. The second-order valence-corrected chi connectivity index (χ2v) is 9.09. The lowest BCUT2D eigenvalue weighted by atomic mass is 9.88. The molecular weight excluding hydrogens is 414 g/mol. The number of hydrogen-bond donors (Lipinski definition) is 2. The van der Waals surface area contributed by atoms with E-state index in [2.05, 4.69) is 16.7 Å². The Labute approximate surface area is 189 Å². The minimum Gasteiger partial charge on any atom is -0.353 e. The molecule has 2 aromatic rings. The summed E-state index contributed by atoms with van der Waals surface area (Å²) in [4.78, 5) is 14.6. The highest BCUT2D eigenvalue weighted by Gasteiger charge is 2.37. The van der Waals surface area contributed by atoms with Gasteiger partial charge in [0.15, 0.2) is 5.11 Å². The molecule has 2 aliphatic rings. The zero-order valence-electron chi connectivity index (χ0n) is 17.1. The van der Waals surface area contributed by atoms with Crippen molar-refractivity contribution < 1.29 is 4.79 Å². The van der Waals surface area contributed by atoms with Gasteiger partial charge in [0.2, 0.25) is 0 Å². The second kappa shape index (κ2) is 9.36. The van der Waals surface area contributed by atoms with Gasteiger partial charge in [-0.3, -0.25) is 4.79 Å². The maximum atomic E-state index is 12.6. The molecule has 1 aliphatic carbocycles. The molecule has 2 N–H and O–H groups in total. The fraction of sp³-hybridized carbons (Fsp3) is 0.417. The molecule has 6 heteroatoms. The molecule has 1 amide bonds. The number of halogens is 1. The van der Waals surface area contributed by atoms with E-state index in [1.54, 1.807) is 0 Å². The molecule has 1 saturated heterocycles. The van der Waals surface area contributed by atoms with E-state index in [-0.39, 0.29) is 11.4 Å². The Bertz CT molecular complexity index is 903. The van der Waals surface area contributed by atoms with Gasteiger partial charge < -0.3 is 15.5 Å². The highest BCUT2D eigenvalue weighted by molar-refractivity contribution is 7.80. The molecule has 1 heterocycles. The third kappa shape index (κ3) is 4.62. The van der Waals surface area contributed by atoms with Crippen molar-refractivity contribution in [1.29, 1.82) is 0 Å². The fourth-order valence-corrected chi connectivity index (χ4v) is 5.27. The average molecular weight is 442 g/mol. The number of carbonyl (C=O) groups is 1. The molecule has 4 rings (SSSR count). The minimum atomic E-state index is -0.230. The Balaban J connectivity index is 1.42. The molecule has 0 bridgehead atoms. The van der Waals surface area contributed by atoms with Crippen LogP contribution in [0.1, 0.15) is 60.9 Å². The SMILES string of the molecule is O=C(c1ccc(NC(=S)NC2(c3ccccc3Cl)CCCC2)cc1)N1CCCCC1. The standard InChI is InChI=1S/C24H28ClN3OS/c25-21-9-3-2-8-20(21)24(14-4-5-15-24)27-23(30)26-19-12-10-18(11-13-19)22(29)28-16-6-1-7-17-28/h2-3,8-13H,1,4-7,14-17H2,(H2,26,27,30). The Morgan fingerprint density at radius 1 is 0.933 bits per heavy atom. The van der Waals surface area contributed by atoms with Crippen molar-refractivity contribution in [3.63, 3.8) is 0 Å². The third-order valence-electron chi connectivity index (χ3n) is 6.23. The first kappa shape index (κ1) is 21.1. The second-order valence-electron chi connectivity index (χ2n) is 8.28. The van der Waals surface area contributed by atoms with Gasteiger partial charge in [-0.2, -0.15) is 0 Å². The number of likely N-dealkylation sites (tertiary alicyclic amines) is 1. The van der Waals surface area contributed by atoms with E-state index < -0.39 is 0 Å². The summed E-state index contributed by atoms with van der Waals surface area (Å²) in [5.74, 6) is 0.116. The van der Waals surface area contributed by atoms with E-state index in [4.69, 9.17) is 23.8 Å². The first-order valence-corrected chi connectivity index (χ1v) is 11.6. The summed E-state index contributed by atoms with van der Waals surface area (Å²) < 4.78 is 0. The zero-order chi connectivity index (χ0) is 21.0. The van der Waals surface area contributed by atoms with Gasteiger partial charge in [0, 0.05) is 29.4 Å². The van der Waals surface area contributed by atoms with Crippen molar-refractivity contribution in [2.24, 2.45) is 0 Å². The largest absolute Gasteiger partial charge is 0.353 e. The van der Waals surface area contributed by atoms with Crippen LogP contribution in [0.5, 0.6) is 0 Å². The van der Waals surface area contributed by atoms with Crippen LogP contribution in [0.25, 0.3) is 0 Å². The average Bonchev–Trinajstić information content (AvgIpc) is 3.24. The number of amides is 1. The molecule has 158 valence electrons. The highest BCUT2D eigenvalue weighted by Crippen LogP contribution is 2.41. The molecule has 0 atom stereocenters. The quantitative estimate of drug-likeness (QED) is 0.595. The van der Waals surface area contributed by atoms with Gasteiger partial charge in [-0.1, -0.05) is 42.6 Å². The van der Waals surface area contributed by atoms with Crippen LogP contribution in [0.2, 0.25) is 5.02 Å². The van der Waals surface area contributed by atoms with Gasteiger partial charge in [-0.25, -0.2) is 0 Å². The Kier molecular flexibility index (Phi) is 6.59. The van der Waals surface area contributed by atoms with Gasteiger partial charge in [-0.05, 0) is 80.2 Å². The van der Waals surface area contributed by atoms with E-state index in [0.717, 1.165) is 73.5 Å². The van der Waals surface area contributed by atoms with E-state index >= 15 is 0 Å². The van der Waals surface area contributed by atoms with Crippen LogP contribution in [-0.2, 0) is 5.54 Å². The molecule has 4 nitrogen and oxygen atoms in total. The molecule has 0 radical (unpaired) electrons. The molecule has 2 aromatic carbocycles. The Morgan fingerprint density at radius 3 is 2.27 bits per heavy atom. The number of benzene rings is 2. The monoisotopic (exact) mass is 441 g/mol. The number of thiocarbonyl (C=S) groups is 1. The van der Waals surface area contributed by atoms with Crippen LogP contribution < -0.4 is 10.6 Å². The van der Waals surface area contributed by atoms with Crippen LogP contribution in [0.4, 0.5) is 5.69 Å². The van der Waals surface area contributed by atoms with Gasteiger partial charge in [-0.15, -0.1) is 0 Å². The molecule has 0 unspecified atom stereocenters. The first-order valence-electron chi connectivity index (χ1n) is 10.8. The summed E-state index contributed by atoms with van der Waals surface area (Å²) in [6.45, 7) is 1.72. The summed E-state index contributed by atoms with van der Waals surface area (Å²) in [5.41, 5.74) is 2.47. The van der Waals surface area contributed by atoms with Crippen LogP contribution in [0.3, 0.4) is 0 Å². The summed E-state index contributed by atoms with van der Waals surface area (Å²) >= 11 is 12.1. The maximum absolute atomic E-state index is 12.6. The number of nitrogens with zero attached hydrogens (tertiary/aromatic N) is 1. The predicted octanol–water partition coefficient (Wildman–Crippen LogP) is 5.72. The highest BCUT2D eigenvalue weighted by atomic mass is 35.5. The lowest BCUT2D eigenvalue weighted by Crippen LogP contribution is -2.45. The molecule has 1 saturated carbocycles. The number of hydrogen-bond acceptors (Lipinski definition) is 2. The number of nitrogens with one attached hydrogen (secondary N) is 2. The topological polar surface area (TPSA) is 44.4 Å². The van der Waals surface area contributed by atoms with Crippen LogP contribution in [-0.4, -0.2) is 29.0 Å². The summed E-state index contributed by atoms with van der Waals surface area (Å²) in [7, 11) is 0. The first-order chi connectivity index (χ1) is 14.6. The molecule has 0 spiro atoms. The molecule has 30 heavy (non-hydrogen) atoms. The Morgan fingerprint density at radius 2 is 1.60 bits per heavy atom. The normalized spacial score (nSPS) is 18.1. The van der Waals surface area contributed by atoms with Crippen molar-refractivity contribution in [3.8, 4) is 0 Å². The van der Waals surface area contributed by atoms with Gasteiger partial charge in [0.05, 0.1) is 5.54 Å². The molecule has 1 aliphatic heterocycles. The molecule has 0 aromatic heterocycles. The number of carbonyl (C=O) groups excluding carboxylic acids is 1. The van der Waals surface area contributed by atoms with Gasteiger partial charge in [0.25, 0.3) is 5.91 Å². The van der Waals surface area contributed by atoms with Crippen molar-refractivity contribution >= 4 is 40.5 Å². The number of anilines is 1. The smallest absolute Gasteiger partial charge is 0.253 e. The van der Waals surface area contributed by atoms with Crippen LogP contribution in [0.15, 0.2) is 48.5 Å². The van der Waals surface area contributed by atoms with Crippen molar-refractivity contribution in [2.75, 3.05) is 18.4 Å². The number of rotatable bonds is 4. The van der Waals surface area contributed by atoms with E-state index in [1.807, 2.05) is 47.4 Å². The fourth-order valence-electron chi connectivity index (χ4n) is 4.64. The maximum Gasteiger partial charge on any atom is 0.253 e. The lowest BCUT2D eigenvalue weighted by Gasteiger charge is -2.33. The summed E-state index contributed by atoms with van der Waals surface area (Å²) in [5, 5.41) is 8.18. The zero-order valence-corrected chi connectivity index (χ0v) is 18.7. The van der Waals surface area contributed by atoms with Crippen LogP contribution in [0, 0.1) is 0 Å². The summed E-state index contributed by atoms with van der Waals surface area (Å²) in [6, 6.07) is 15.6. The van der Waals surface area contributed by atoms with Gasteiger partial charge in [0.1, 0.15) is 0 Å². The molecule has 2 fully saturated rings. The van der Waals surface area contributed by atoms with Crippen molar-refractivity contribution in [3.05, 3.63) is 64.7 Å². The van der Waals surface area contributed by atoms with Gasteiger partial charge >= 0.3 is 0 Å². The van der Waals surface area contributed by atoms with Crippen molar-refractivity contribution in [1.82, 2.24) is 10.2 Å². The van der Waals surface area contributed by atoms with E-state index in [9.17, 15) is 4.79 Å². The lowest BCUT2D eigenvalue weighted by molar-refractivity contribution is 0.0724. The minimum absolute atomic E-state index is 0.116. The number of piperidine rings is 1. The van der Waals surface area contributed by atoms with E-state index in [1.165, 1.54) is 6.42 Å². The molecular formula is C24H28ClN3OS. The summed E-state index contributed by atoms with van der Waals surface area (Å²) in [6.07, 6.45) is 7.70.